The normalized spacial score (nSPS) is 10.9. The van der Waals surface area contributed by atoms with Crippen LogP contribution in [-0.4, -0.2) is 23.8 Å². The molecule has 0 bridgehead atoms. The molecule has 0 saturated carbocycles. The van der Waals surface area contributed by atoms with Crippen molar-refractivity contribution in [3.63, 3.8) is 0 Å². The van der Waals surface area contributed by atoms with E-state index in [2.05, 4.69) is 49.3 Å². The predicted molar refractivity (Wildman–Crippen MR) is 114 cm³/mol. The Labute approximate surface area is 176 Å². The maximum absolute atomic E-state index is 11.8. The van der Waals surface area contributed by atoms with Crippen molar-refractivity contribution >= 4 is 44.0 Å². The number of hydrogen-bond donors (Lipinski definition) is 2. The summed E-state index contributed by atoms with van der Waals surface area (Å²) in [6.45, 7) is 2.05. The van der Waals surface area contributed by atoms with Gasteiger partial charge in [0.05, 0.1) is 10.7 Å². The summed E-state index contributed by atoms with van der Waals surface area (Å²) >= 11 is 6.57. The van der Waals surface area contributed by atoms with Crippen LogP contribution >= 0.6 is 31.9 Å². The van der Waals surface area contributed by atoms with E-state index in [0.29, 0.717) is 15.8 Å². The van der Waals surface area contributed by atoms with Crippen LogP contribution in [0.3, 0.4) is 0 Å². The fraction of sp³-hybridized carbons (Fsp3) is 0.300. The molecule has 2 rings (SSSR count). The van der Waals surface area contributed by atoms with Gasteiger partial charge < -0.3 is 9.84 Å². The highest BCUT2D eigenvalue weighted by atomic mass is 79.9. The largest absolute Gasteiger partial charge is 0.506 e. The molecule has 0 atom stereocenters. The zero-order valence-electron chi connectivity index (χ0n) is 15.0. The zero-order valence-corrected chi connectivity index (χ0v) is 18.2. The lowest BCUT2D eigenvalue weighted by atomic mass is 10.1. The first kappa shape index (κ1) is 21.4. The molecule has 0 aliphatic carbocycles. The summed E-state index contributed by atoms with van der Waals surface area (Å²) in [4.78, 5) is 11.8. The van der Waals surface area contributed by atoms with Gasteiger partial charge in [-0.05, 0) is 58.6 Å². The van der Waals surface area contributed by atoms with E-state index in [1.165, 1.54) is 31.0 Å². The molecular formula is C20H22Br2N2O3. The molecule has 1 amide bonds. The molecule has 7 heteroatoms. The second-order valence-corrected chi connectivity index (χ2v) is 7.78. The number of rotatable bonds is 9. The fourth-order valence-electron chi connectivity index (χ4n) is 2.37. The first-order valence-corrected chi connectivity index (χ1v) is 10.3. The number of hydrogen-bond acceptors (Lipinski definition) is 4. The van der Waals surface area contributed by atoms with Crippen LogP contribution in [0.4, 0.5) is 0 Å². The molecule has 0 fully saturated rings. The second-order valence-electron chi connectivity index (χ2n) is 6.01. The van der Waals surface area contributed by atoms with E-state index in [1.807, 2.05) is 24.3 Å². The number of amides is 1. The van der Waals surface area contributed by atoms with E-state index in [9.17, 15) is 9.90 Å². The lowest BCUT2D eigenvalue weighted by Crippen LogP contribution is -2.24. The van der Waals surface area contributed by atoms with Crippen molar-refractivity contribution in [1.82, 2.24) is 5.43 Å². The number of unbranched alkanes of at least 4 members (excludes halogenated alkanes) is 2. The van der Waals surface area contributed by atoms with E-state index < -0.39 is 0 Å². The predicted octanol–water partition coefficient (Wildman–Crippen LogP) is 5.18. The first-order valence-electron chi connectivity index (χ1n) is 8.71. The average Bonchev–Trinajstić information content (AvgIpc) is 2.65. The van der Waals surface area contributed by atoms with Crippen molar-refractivity contribution in [3.8, 4) is 11.5 Å². The molecule has 0 spiro atoms. The monoisotopic (exact) mass is 496 g/mol. The number of benzene rings is 2. The number of carbonyl (C=O) groups is 1. The summed E-state index contributed by atoms with van der Waals surface area (Å²) < 4.78 is 6.78. The van der Waals surface area contributed by atoms with Gasteiger partial charge >= 0.3 is 0 Å². The molecule has 0 heterocycles. The molecule has 2 N–H and O–H groups in total. The Bertz CT molecular complexity index is 793. The quantitative estimate of drug-likeness (QED) is 0.285. The lowest BCUT2D eigenvalue weighted by molar-refractivity contribution is -0.123. The molecule has 0 aliphatic rings. The SMILES string of the molecule is CCCCCc1ccc(OCC(=O)N/N=C\c2cc(Br)cc(Br)c2O)cc1. The number of nitrogens with one attached hydrogen (secondary N) is 1. The summed E-state index contributed by atoms with van der Waals surface area (Å²) in [7, 11) is 0. The van der Waals surface area contributed by atoms with Crippen molar-refractivity contribution in [2.24, 2.45) is 5.10 Å². The second kappa shape index (κ2) is 11.1. The summed E-state index contributed by atoms with van der Waals surface area (Å²) in [5, 5.41) is 13.8. The van der Waals surface area contributed by atoms with Crippen LogP contribution in [0, 0.1) is 0 Å². The number of phenolic OH excluding ortho intramolecular Hbond substituents is 1. The van der Waals surface area contributed by atoms with Gasteiger partial charge in [-0.3, -0.25) is 4.79 Å². The number of carbonyl (C=O) groups excluding carboxylic acids is 1. The van der Waals surface area contributed by atoms with E-state index in [-0.39, 0.29) is 18.3 Å². The van der Waals surface area contributed by atoms with Crippen LogP contribution in [0.1, 0.15) is 37.3 Å². The third-order valence-electron chi connectivity index (χ3n) is 3.81. The third kappa shape index (κ3) is 7.34. The van der Waals surface area contributed by atoms with Crippen molar-refractivity contribution in [2.45, 2.75) is 32.6 Å². The number of halogens is 2. The van der Waals surface area contributed by atoms with Crippen LogP contribution in [0.25, 0.3) is 0 Å². The summed E-state index contributed by atoms with van der Waals surface area (Å²) in [5.74, 6) is 0.306. The van der Waals surface area contributed by atoms with Crippen LogP contribution in [-0.2, 0) is 11.2 Å². The molecular weight excluding hydrogens is 476 g/mol. The van der Waals surface area contributed by atoms with E-state index in [0.717, 1.165) is 10.9 Å². The Balaban J connectivity index is 1.79. The third-order valence-corrected chi connectivity index (χ3v) is 4.88. The summed E-state index contributed by atoms with van der Waals surface area (Å²) in [6.07, 6.45) is 6.04. The molecule has 144 valence electrons. The average molecular weight is 498 g/mol. The highest BCUT2D eigenvalue weighted by Gasteiger charge is 2.06. The number of ether oxygens (including phenoxy) is 1. The minimum absolute atomic E-state index is 0.0477. The highest BCUT2D eigenvalue weighted by Crippen LogP contribution is 2.30. The van der Waals surface area contributed by atoms with E-state index in [4.69, 9.17) is 4.74 Å². The topological polar surface area (TPSA) is 70.9 Å². The van der Waals surface area contributed by atoms with Crippen LogP contribution in [0.15, 0.2) is 50.4 Å². The van der Waals surface area contributed by atoms with Crippen molar-refractivity contribution < 1.29 is 14.6 Å². The Hall–Kier alpha value is -1.86. The lowest BCUT2D eigenvalue weighted by Gasteiger charge is -2.07. The van der Waals surface area contributed by atoms with Gasteiger partial charge in [-0.25, -0.2) is 5.43 Å². The fourth-order valence-corrected chi connectivity index (χ4v) is 3.63. The number of hydrazone groups is 1. The number of nitrogens with zero attached hydrogens (tertiary/aromatic N) is 1. The zero-order chi connectivity index (χ0) is 19.6. The smallest absolute Gasteiger partial charge is 0.277 e. The van der Waals surface area contributed by atoms with Gasteiger partial charge in [0.2, 0.25) is 0 Å². The Morgan fingerprint density at radius 1 is 1.22 bits per heavy atom. The molecule has 2 aromatic carbocycles. The van der Waals surface area contributed by atoms with Gasteiger partial charge in [0, 0.05) is 10.0 Å². The molecule has 0 saturated heterocycles. The maximum Gasteiger partial charge on any atom is 0.277 e. The Morgan fingerprint density at radius 3 is 2.67 bits per heavy atom. The van der Waals surface area contributed by atoms with Crippen LogP contribution in [0.5, 0.6) is 11.5 Å². The minimum atomic E-state index is -0.383. The van der Waals surface area contributed by atoms with Gasteiger partial charge in [-0.15, -0.1) is 0 Å². The minimum Gasteiger partial charge on any atom is -0.506 e. The standard InChI is InChI=1S/C20H22Br2N2O3/c1-2-3-4-5-14-6-8-17(9-7-14)27-13-19(25)24-23-12-15-10-16(21)11-18(22)20(15)26/h6-12,26H,2-5,13H2,1H3,(H,24,25)/b23-12-. The van der Waals surface area contributed by atoms with E-state index in [1.54, 1.807) is 12.1 Å². The Morgan fingerprint density at radius 2 is 1.96 bits per heavy atom. The van der Waals surface area contributed by atoms with Crippen molar-refractivity contribution in [1.29, 1.82) is 0 Å². The molecule has 0 aliphatic heterocycles. The van der Waals surface area contributed by atoms with E-state index >= 15 is 0 Å². The van der Waals surface area contributed by atoms with Gasteiger partial charge in [-0.2, -0.15) is 5.10 Å². The summed E-state index contributed by atoms with van der Waals surface area (Å²) in [6, 6.07) is 11.2. The molecule has 2 aromatic rings. The van der Waals surface area contributed by atoms with Gasteiger partial charge in [-0.1, -0.05) is 47.8 Å². The number of phenols is 1. The maximum atomic E-state index is 11.8. The van der Waals surface area contributed by atoms with Gasteiger partial charge in [0.15, 0.2) is 6.61 Å². The summed E-state index contributed by atoms with van der Waals surface area (Å²) in [5.41, 5.74) is 4.11. The van der Waals surface area contributed by atoms with Crippen molar-refractivity contribution in [3.05, 3.63) is 56.5 Å². The number of aryl methyl sites for hydroxylation is 1. The highest BCUT2D eigenvalue weighted by molar-refractivity contribution is 9.11. The first-order chi connectivity index (χ1) is 13.0. The van der Waals surface area contributed by atoms with Crippen LogP contribution < -0.4 is 10.2 Å². The van der Waals surface area contributed by atoms with Crippen LogP contribution in [0.2, 0.25) is 0 Å². The Kier molecular flexibility index (Phi) is 8.81. The molecule has 27 heavy (non-hydrogen) atoms. The van der Waals surface area contributed by atoms with Crippen molar-refractivity contribution in [2.75, 3.05) is 6.61 Å². The number of aromatic hydroxyl groups is 1. The molecule has 0 aromatic heterocycles. The molecule has 0 radical (unpaired) electrons. The molecule has 5 nitrogen and oxygen atoms in total. The molecule has 0 unspecified atom stereocenters. The van der Waals surface area contributed by atoms with Gasteiger partial charge in [0.1, 0.15) is 11.5 Å². The van der Waals surface area contributed by atoms with Gasteiger partial charge in [0.25, 0.3) is 5.91 Å².